The fourth-order valence-electron chi connectivity index (χ4n) is 3.27. The van der Waals surface area contributed by atoms with Crippen LogP contribution in [0.4, 0.5) is 10.5 Å². The van der Waals surface area contributed by atoms with E-state index in [1.807, 2.05) is 12.1 Å². The number of amides is 2. The molecule has 0 bridgehead atoms. The molecule has 0 aliphatic carbocycles. The summed E-state index contributed by atoms with van der Waals surface area (Å²) in [6.45, 7) is 1.34. The largest absolute Gasteiger partial charge is 0.495 e. The lowest BCUT2D eigenvalue weighted by molar-refractivity contribution is 0.183. The molecule has 1 aliphatic rings. The Bertz CT molecular complexity index is 1010. The molecular formula is C20H23Cl2N3O4S. The molecular weight excluding hydrogens is 449 g/mol. The Labute approximate surface area is 186 Å². The van der Waals surface area contributed by atoms with E-state index in [2.05, 4.69) is 10.0 Å². The van der Waals surface area contributed by atoms with Gasteiger partial charge in [0.1, 0.15) is 10.6 Å². The van der Waals surface area contributed by atoms with Gasteiger partial charge in [-0.1, -0.05) is 35.3 Å². The minimum Gasteiger partial charge on any atom is -0.495 e. The maximum absolute atomic E-state index is 12.5. The molecule has 1 saturated heterocycles. The first-order valence-corrected chi connectivity index (χ1v) is 11.7. The van der Waals surface area contributed by atoms with Gasteiger partial charge in [0.2, 0.25) is 10.0 Å². The van der Waals surface area contributed by atoms with Gasteiger partial charge in [-0.05, 0) is 49.1 Å². The van der Waals surface area contributed by atoms with E-state index in [4.69, 9.17) is 27.9 Å². The number of methoxy groups -OCH3 is 1. The average molecular weight is 472 g/mol. The Hall–Kier alpha value is -2.00. The zero-order valence-electron chi connectivity index (χ0n) is 16.4. The van der Waals surface area contributed by atoms with Crippen LogP contribution in [0, 0.1) is 5.92 Å². The molecule has 2 aromatic carbocycles. The lowest BCUT2D eigenvalue weighted by Gasteiger charge is -2.32. The Kier molecular flexibility index (Phi) is 7.46. The Morgan fingerprint density at radius 2 is 1.87 bits per heavy atom. The van der Waals surface area contributed by atoms with Crippen LogP contribution in [0.15, 0.2) is 47.4 Å². The Balaban J connectivity index is 1.52. The molecule has 1 fully saturated rings. The number of benzene rings is 2. The van der Waals surface area contributed by atoms with E-state index in [0.29, 0.717) is 42.4 Å². The molecule has 162 valence electrons. The third-order valence-corrected chi connectivity index (χ3v) is 7.14. The number of urea groups is 1. The van der Waals surface area contributed by atoms with Crippen LogP contribution in [0.1, 0.15) is 12.8 Å². The maximum Gasteiger partial charge on any atom is 0.321 e. The molecule has 1 heterocycles. The van der Waals surface area contributed by atoms with E-state index < -0.39 is 10.0 Å². The van der Waals surface area contributed by atoms with Gasteiger partial charge in [0.05, 0.1) is 17.8 Å². The molecule has 1 aliphatic heterocycles. The number of sulfonamides is 1. The molecule has 3 rings (SSSR count). The van der Waals surface area contributed by atoms with Crippen LogP contribution in [0.3, 0.4) is 0 Å². The Morgan fingerprint density at radius 3 is 2.57 bits per heavy atom. The van der Waals surface area contributed by atoms with Crippen molar-refractivity contribution in [1.82, 2.24) is 9.62 Å². The molecule has 2 aromatic rings. The fraction of sp³-hybridized carbons (Fsp3) is 0.350. The average Bonchev–Trinajstić information content (AvgIpc) is 2.74. The molecule has 0 atom stereocenters. The van der Waals surface area contributed by atoms with Gasteiger partial charge in [0.15, 0.2) is 0 Å². The Morgan fingerprint density at radius 1 is 1.17 bits per heavy atom. The standard InChI is InChI=1S/C20H23Cl2N3O4S/c1-29-18-5-3-2-4-17(18)24-20(26)25-10-8-14(9-11-25)13-23-30(27,28)19-12-15(21)6-7-16(19)22/h2-7,12,14,23H,8-11,13H2,1H3,(H,24,26). The van der Waals surface area contributed by atoms with E-state index in [1.54, 1.807) is 24.1 Å². The van der Waals surface area contributed by atoms with Gasteiger partial charge < -0.3 is 15.0 Å². The number of nitrogens with one attached hydrogen (secondary N) is 2. The molecule has 0 aromatic heterocycles. The molecule has 2 N–H and O–H groups in total. The van der Waals surface area contributed by atoms with Crippen molar-refractivity contribution < 1.29 is 17.9 Å². The first-order valence-electron chi connectivity index (χ1n) is 9.44. The quantitative estimate of drug-likeness (QED) is 0.659. The summed E-state index contributed by atoms with van der Waals surface area (Å²) >= 11 is 11.9. The second-order valence-corrected chi connectivity index (χ2v) is 9.57. The van der Waals surface area contributed by atoms with E-state index in [1.165, 1.54) is 18.2 Å². The second kappa shape index (κ2) is 9.87. The zero-order valence-corrected chi connectivity index (χ0v) is 18.7. The van der Waals surface area contributed by atoms with E-state index >= 15 is 0 Å². The lowest BCUT2D eigenvalue weighted by Crippen LogP contribution is -2.43. The molecule has 7 nitrogen and oxygen atoms in total. The first kappa shape index (κ1) is 22.7. The van der Waals surface area contributed by atoms with Gasteiger partial charge in [-0.3, -0.25) is 0 Å². The second-order valence-electron chi connectivity index (χ2n) is 6.99. The maximum atomic E-state index is 12.5. The molecule has 30 heavy (non-hydrogen) atoms. The summed E-state index contributed by atoms with van der Waals surface area (Å²) in [6.07, 6.45) is 1.37. The van der Waals surface area contributed by atoms with Crippen LogP contribution in [0.5, 0.6) is 5.75 Å². The van der Waals surface area contributed by atoms with E-state index in [0.717, 1.165) is 0 Å². The summed E-state index contributed by atoms with van der Waals surface area (Å²) in [6, 6.07) is 11.3. The summed E-state index contributed by atoms with van der Waals surface area (Å²) in [4.78, 5) is 14.2. The topological polar surface area (TPSA) is 87.7 Å². The van der Waals surface area contributed by atoms with Crippen molar-refractivity contribution in [1.29, 1.82) is 0 Å². The minimum absolute atomic E-state index is 0.0368. The van der Waals surface area contributed by atoms with E-state index in [-0.39, 0.29) is 28.4 Å². The number of hydrogen-bond donors (Lipinski definition) is 2. The number of nitrogens with zero attached hydrogens (tertiary/aromatic N) is 1. The van der Waals surface area contributed by atoms with E-state index in [9.17, 15) is 13.2 Å². The van der Waals surface area contributed by atoms with Crippen molar-refractivity contribution in [3.63, 3.8) is 0 Å². The smallest absolute Gasteiger partial charge is 0.321 e. The van der Waals surface area contributed by atoms with Crippen LogP contribution < -0.4 is 14.8 Å². The summed E-state index contributed by atoms with van der Waals surface area (Å²) in [5, 5.41) is 3.28. The van der Waals surface area contributed by atoms with Crippen LogP contribution in [0.2, 0.25) is 10.0 Å². The predicted octanol–water partition coefficient (Wildman–Crippen LogP) is 4.22. The molecule has 10 heteroatoms. The number of rotatable bonds is 6. The zero-order chi connectivity index (χ0) is 21.7. The van der Waals surface area contributed by atoms with Crippen molar-refractivity contribution >= 4 is 44.9 Å². The number of piperidine rings is 1. The number of carbonyl (C=O) groups is 1. The highest BCUT2D eigenvalue weighted by Crippen LogP contribution is 2.26. The van der Waals surface area contributed by atoms with Gasteiger partial charge >= 0.3 is 6.03 Å². The van der Waals surface area contributed by atoms with Crippen LogP contribution in [-0.2, 0) is 10.0 Å². The van der Waals surface area contributed by atoms with Crippen molar-refractivity contribution in [2.24, 2.45) is 5.92 Å². The fourth-order valence-corrected chi connectivity index (χ4v) is 5.15. The van der Waals surface area contributed by atoms with Crippen molar-refractivity contribution in [2.75, 3.05) is 32.1 Å². The number of ether oxygens (including phenoxy) is 1. The third-order valence-electron chi connectivity index (χ3n) is 5.00. The number of halogens is 2. The first-order chi connectivity index (χ1) is 14.3. The third kappa shape index (κ3) is 5.57. The molecule has 0 unspecified atom stereocenters. The van der Waals surface area contributed by atoms with Gasteiger partial charge in [-0.25, -0.2) is 17.9 Å². The highest BCUT2D eigenvalue weighted by Gasteiger charge is 2.25. The summed E-state index contributed by atoms with van der Waals surface area (Å²) in [7, 11) is -2.21. The monoisotopic (exact) mass is 471 g/mol. The van der Waals surface area contributed by atoms with Crippen molar-refractivity contribution in [2.45, 2.75) is 17.7 Å². The number of hydrogen-bond acceptors (Lipinski definition) is 4. The normalized spacial score (nSPS) is 15.1. The van der Waals surface area contributed by atoms with Crippen LogP contribution in [-0.4, -0.2) is 46.1 Å². The summed E-state index contributed by atoms with van der Waals surface area (Å²) in [5.41, 5.74) is 0.610. The van der Waals surface area contributed by atoms with Gasteiger partial charge in [0, 0.05) is 24.7 Å². The summed E-state index contributed by atoms with van der Waals surface area (Å²) in [5.74, 6) is 0.711. The number of anilines is 1. The predicted molar refractivity (Wildman–Crippen MR) is 118 cm³/mol. The highest BCUT2D eigenvalue weighted by atomic mass is 35.5. The highest BCUT2D eigenvalue weighted by molar-refractivity contribution is 7.89. The lowest BCUT2D eigenvalue weighted by atomic mass is 9.97. The number of para-hydroxylation sites is 2. The van der Waals surface area contributed by atoms with Gasteiger partial charge in [-0.2, -0.15) is 0 Å². The molecule has 0 radical (unpaired) electrons. The SMILES string of the molecule is COc1ccccc1NC(=O)N1CCC(CNS(=O)(=O)c2cc(Cl)ccc2Cl)CC1. The molecule has 0 saturated carbocycles. The summed E-state index contributed by atoms with van der Waals surface area (Å²) < 4.78 is 32.9. The van der Waals surface area contributed by atoms with Crippen molar-refractivity contribution in [3.8, 4) is 5.75 Å². The molecule has 0 spiro atoms. The van der Waals surface area contributed by atoms with Gasteiger partial charge in [-0.15, -0.1) is 0 Å². The van der Waals surface area contributed by atoms with Crippen molar-refractivity contribution in [3.05, 3.63) is 52.5 Å². The molecule has 2 amide bonds. The van der Waals surface area contributed by atoms with Crippen LogP contribution in [0.25, 0.3) is 0 Å². The van der Waals surface area contributed by atoms with Gasteiger partial charge in [0.25, 0.3) is 0 Å². The number of carbonyl (C=O) groups excluding carboxylic acids is 1. The number of likely N-dealkylation sites (tertiary alicyclic amines) is 1. The van der Waals surface area contributed by atoms with Crippen LogP contribution >= 0.6 is 23.2 Å². The minimum atomic E-state index is -3.76.